The molecule has 1 saturated heterocycles. The van der Waals surface area contributed by atoms with Gasteiger partial charge in [0.1, 0.15) is 0 Å². The van der Waals surface area contributed by atoms with Gasteiger partial charge in [-0.2, -0.15) is 18.3 Å². The first kappa shape index (κ1) is 26.1. The van der Waals surface area contributed by atoms with E-state index in [1.54, 1.807) is 6.20 Å². The number of carbonyl (C=O) groups is 2. The van der Waals surface area contributed by atoms with Gasteiger partial charge in [-0.15, -0.1) is 0 Å². The number of hydrogen-bond acceptors (Lipinski definition) is 7. The zero-order valence-electron chi connectivity index (χ0n) is 19.4. The Balaban J connectivity index is 1.50. The monoisotopic (exact) mass is 535 g/mol. The first-order valence-electron chi connectivity index (χ1n) is 11.1. The third kappa shape index (κ3) is 6.05. The van der Waals surface area contributed by atoms with E-state index in [4.69, 9.17) is 0 Å². The number of alkyl halides is 3. The average molecular weight is 536 g/mol. The molecule has 0 aliphatic carbocycles. The maximum absolute atomic E-state index is 14.2. The summed E-state index contributed by atoms with van der Waals surface area (Å²) in [4.78, 5) is 31.2. The van der Waals surface area contributed by atoms with E-state index in [1.165, 1.54) is 11.3 Å². The summed E-state index contributed by atoms with van der Waals surface area (Å²) in [5.41, 5.74) is 1.39. The summed E-state index contributed by atoms with van der Waals surface area (Å²) in [6, 6.07) is 9.75. The van der Waals surface area contributed by atoms with Crippen molar-refractivity contribution < 1.29 is 32.3 Å². The molecule has 1 aliphatic heterocycles. The number of amides is 2. The smallest absolute Gasteiger partial charge is 0.473 e. The molecule has 0 radical (unpaired) electrons. The molecule has 2 N–H and O–H groups in total. The van der Waals surface area contributed by atoms with E-state index in [0.29, 0.717) is 6.21 Å². The van der Waals surface area contributed by atoms with Crippen LogP contribution in [0.5, 0.6) is 5.75 Å². The minimum absolute atomic E-state index is 0.0140. The molecule has 0 saturated carbocycles. The molecule has 0 unspecified atom stereocenters. The number of anilines is 2. The largest absolute Gasteiger partial charge is 0.504 e. The highest BCUT2D eigenvalue weighted by Crippen LogP contribution is 2.32. The highest BCUT2D eigenvalue weighted by atomic mass is 32.1. The predicted molar refractivity (Wildman–Crippen MR) is 131 cm³/mol. The highest BCUT2D eigenvalue weighted by Gasteiger charge is 2.41. The standard InChI is InChI=1S/C24H21F4N5O3S/c1-32(22(36)24(26,27)28)30-12-16-9-15(11-18(25)20(16)34)21(35)31-23-29-13-19(37-23)14-5-4-6-17(10-14)33-7-2-3-8-33/h4-6,9-13,34H,2-3,7-8H2,1H3,(H,29,31,35)/b30-12+. The lowest BCUT2D eigenvalue weighted by Gasteiger charge is -2.18. The fourth-order valence-electron chi connectivity index (χ4n) is 3.70. The summed E-state index contributed by atoms with van der Waals surface area (Å²) in [5, 5.41) is 16.0. The Kier molecular flexibility index (Phi) is 7.43. The minimum atomic E-state index is -5.16. The van der Waals surface area contributed by atoms with Gasteiger partial charge >= 0.3 is 12.1 Å². The zero-order valence-corrected chi connectivity index (χ0v) is 20.2. The van der Waals surface area contributed by atoms with Gasteiger partial charge in [0.25, 0.3) is 5.91 Å². The number of thiazole rings is 1. The van der Waals surface area contributed by atoms with Gasteiger partial charge in [0.15, 0.2) is 16.7 Å². The molecule has 0 spiro atoms. The van der Waals surface area contributed by atoms with Crippen LogP contribution in [0.1, 0.15) is 28.8 Å². The molecule has 0 bridgehead atoms. The number of nitrogens with one attached hydrogen (secondary N) is 1. The molecule has 1 aliphatic rings. The van der Waals surface area contributed by atoms with Crippen LogP contribution in [-0.4, -0.2) is 59.4 Å². The molecule has 194 valence electrons. The molecule has 2 aromatic carbocycles. The Bertz CT molecular complexity index is 1350. The summed E-state index contributed by atoms with van der Waals surface area (Å²) < 4.78 is 51.8. The number of rotatable bonds is 6. The number of phenolic OH excluding ortho intramolecular Hbond substituents is 1. The van der Waals surface area contributed by atoms with Crippen LogP contribution in [0.2, 0.25) is 0 Å². The Labute approximate surface area is 212 Å². The minimum Gasteiger partial charge on any atom is -0.504 e. The van der Waals surface area contributed by atoms with Crippen molar-refractivity contribution in [1.29, 1.82) is 0 Å². The number of phenols is 1. The van der Waals surface area contributed by atoms with Crippen LogP contribution in [0, 0.1) is 5.82 Å². The van der Waals surface area contributed by atoms with Gasteiger partial charge in [-0.05, 0) is 42.7 Å². The van der Waals surface area contributed by atoms with E-state index < -0.39 is 35.1 Å². The Morgan fingerprint density at radius 3 is 2.65 bits per heavy atom. The highest BCUT2D eigenvalue weighted by molar-refractivity contribution is 7.19. The summed E-state index contributed by atoms with van der Waals surface area (Å²) in [6.45, 7) is 2.00. The predicted octanol–water partition coefficient (Wildman–Crippen LogP) is 4.86. The molecule has 0 atom stereocenters. The summed E-state index contributed by atoms with van der Waals surface area (Å²) in [6.07, 6.45) is -0.618. The maximum atomic E-state index is 14.2. The van der Waals surface area contributed by atoms with Gasteiger partial charge in [-0.3, -0.25) is 14.9 Å². The molecule has 1 aromatic heterocycles. The Hall–Kier alpha value is -4.00. The van der Waals surface area contributed by atoms with Crippen molar-refractivity contribution in [2.75, 3.05) is 30.4 Å². The molecule has 3 aromatic rings. The summed E-state index contributed by atoms with van der Waals surface area (Å²) in [7, 11) is 0.747. The number of carbonyl (C=O) groups excluding carboxylic acids is 2. The first-order chi connectivity index (χ1) is 17.5. The number of benzene rings is 2. The van der Waals surface area contributed by atoms with E-state index in [2.05, 4.69) is 20.3 Å². The SMILES string of the molecule is CN(/N=C/c1cc(C(=O)Nc2ncc(-c3cccc(N4CCCC4)c3)s2)cc(F)c1O)C(=O)C(F)(F)F. The number of hydrogen-bond donors (Lipinski definition) is 2. The van der Waals surface area contributed by atoms with E-state index in [1.807, 2.05) is 24.3 Å². The fourth-order valence-corrected chi connectivity index (χ4v) is 4.51. The van der Waals surface area contributed by atoms with E-state index in [0.717, 1.165) is 61.2 Å². The topological polar surface area (TPSA) is 98.1 Å². The van der Waals surface area contributed by atoms with Crippen molar-refractivity contribution in [3.63, 3.8) is 0 Å². The average Bonchev–Trinajstić information content (AvgIpc) is 3.56. The number of aromatic hydroxyl groups is 1. The quantitative estimate of drug-likeness (QED) is 0.267. The second-order valence-corrected chi connectivity index (χ2v) is 9.23. The number of hydrazone groups is 1. The Morgan fingerprint density at radius 2 is 1.95 bits per heavy atom. The molecule has 8 nitrogen and oxygen atoms in total. The number of nitrogens with zero attached hydrogens (tertiary/aromatic N) is 4. The van der Waals surface area contributed by atoms with E-state index in [-0.39, 0.29) is 15.7 Å². The lowest BCUT2D eigenvalue weighted by atomic mass is 10.1. The fraction of sp³-hybridized carbons (Fsp3) is 0.250. The van der Waals surface area contributed by atoms with Crippen molar-refractivity contribution in [3.8, 4) is 16.2 Å². The van der Waals surface area contributed by atoms with Crippen molar-refractivity contribution in [3.05, 3.63) is 59.5 Å². The van der Waals surface area contributed by atoms with Gasteiger partial charge in [0, 0.05) is 43.1 Å². The molecule has 1 fully saturated rings. The molecule has 37 heavy (non-hydrogen) atoms. The van der Waals surface area contributed by atoms with Crippen LogP contribution in [-0.2, 0) is 4.79 Å². The first-order valence-corrected chi connectivity index (χ1v) is 11.9. The molecule has 13 heteroatoms. The van der Waals surface area contributed by atoms with Gasteiger partial charge < -0.3 is 10.0 Å². The normalized spacial score (nSPS) is 13.8. The molecule has 2 heterocycles. The van der Waals surface area contributed by atoms with E-state index in [9.17, 15) is 32.3 Å². The lowest BCUT2D eigenvalue weighted by molar-refractivity contribution is -0.184. The summed E-state index contributed by atoms with van der Waals surface area (Å²) in [5.74, 6) is -5.16. The second-order valence-electron chi connectivity index (χ2n) is 8.20. The lowest BCUT2D eigenvalue weighted by Crippen LogP contribution is -2.35. The number of halogens is 4. The number of aromatic nitrogens is 1. The van der Waals surface area contributed by atoms with Gasteiger partial charge in [-0.25, -0.2) is 14.4 Å². The van der Waals surface area contributed by atoms with Crippen molar-refractivity contribution >= 4 is 40.2 Å². The van der Waals surface area contributed by atoms with Crippen LogP contribution in [0.25, 0.3) is 10.4 Å². The van der Waals surface area contributed by atoms with Crippen LogP contribution < -0.4 is 10.2 Å². The second kappa shape index (κ2) is 10.5. The zero-order chi connectivity index (χ0) is 26.7. The molecule has 4 rings (SSSR count). The van der Waals surface area contributed by atoms with Crippen molar-refractivity contribution in [1.82, 2.24) is 9.99 Å². The van der Waals surface area contributed by atoms with Gasteiger partial charge in [-0.1, -0.05) is 23.5 Å². The van der Waals surface area contributed by atoms with Crippen LogP contribution in [0.4, 0.5) is 28.4 Å². The molecule has 2 amide bonds. The molecular weight excluding hydrogens is 514 g/mol. The van der Waals surface area contributed by atoms with Gasteiger partial charge in [0.2, 0.25) is 0 Å². The van der Waals surface area contributed by atoms with Crippen molar-refractivity contribution in [2.24, 2.45) is 5.10 Å². The third-order valence-corrected chi connectivity index (χ3v) is 6.55. The summed E-state index contributed by atoms with van der Waals surface area (Å²) >= 11 is 1.21. The van der Waals surface area contributed by atoms with Crippen LogP contribution in [0.3, 0.4) is 0 Å². The Morgan fingerprint density at radius 1 is 1.22 bits per heavy atom. The van der Waals surface area contributed by atoms with Gasteiger partial charge in [0.05, 0.1) is 11.1 Å². The third-order valence-electron chi connectivity index (χ3n) is 5.59. The van der Waals surface area contributed by atoms with Crippen LogP contribution >= 0.6 is 11.3 Å². The maximum Gasteiger partial charge on any atom is 0.473 e. The van der Waals surface area contributed by atoms with Crippen molar-refractivity contribution in [2.45, 2.75) is 19.0 Å². The van der Waals surface area contributed by atoms with E-state index >= 15 is 0 Å². The molecular formula is C24H21F4N5O3S. The van der Waals surface area contributed by atoms with Crippen LogP contribution in [0.15, 0.2) is 47.7 Å².